The first-order valence-corrected chi connectivity index (χ1v) is 13.3. The number of hydrogen-bond acceptors (Lipinski definition) is 7. The summed E-state index contributed by atoms with van der Waals surface area (Å²) in [6.45, 7) is 6.08. The zero-order valence-electron chi connectivity index (χ0n) is 19.8. The van der Waals surface area contributed by atoms with Crippen LogP contribution in [0.5, 0.6) is 0 Å². The maximum atomic E-state index is 11.3. The number of halogens is 2. The van der Waals surface area contributed by atoms with Gasteiger partial charge in [-0.3, -0.25) is 0 Å². The van der Waals surface area contributed by atoms with Gasteiger partial charge in [-0.05, 0) is 43.2 Å². The molecule has 36 heavy (non-hydrogen) atoms. The van der Waals surface area contributed by atoms with Crippen molar-refractivity contribution in [3.8, 4) is 11.3 Å². The third-order valence-corrected chi connectivity index (χ3v) is 8.05. The van der Waals surface area contributed by atoms with Crippen LogP contribution in [0.15, 0.2) is 40.9 Å². The Kier molecular flexibility index (Phi) is 7.21. The predicted molar refractivity (Wildman–Crippen MR) is 143 cm³/mol. The molecule has 3 heterocycles. The Morgan fingerprint density at radius 2 is 1.94 bits per heavy atom. The Morgan fingerprint density at radius 1 is 1.22 bits per heavy atom. The summed E-state index contributed by atoms with van der Waals surface area (Å²) in [6, 6.07) is 10.4. The molecule has 2 aromatic carbocycles. The summed E-state index contributed by atoms with van der Waals surface area (Å²) in [6.07, 6.45) is 1.78. The minimum absolute atomic E-state index is 0.0821. The molecule has 0 radical (unpaired) electrons. The number of aromatic carboxylic acids is 1. The second kappa shape index (κ2) is 10.4. The number of carboxylic acids is 1. The van der Waals surface area contributed by atoms with Gasteiger partial charge in [0, 0.05) is 30.1 Å². The normalized spacial score (nSPS) is 14.8. The highest BCUT2D eigenvalue weighted by atomic mass is 35.5. The molecule has 1 aliphatic rings. The van der Waals surface area contributed by atoms with Gasteiger partial charge < -0.3 is 19.3 Å². The SMILES string of the molecule is CC(C)c1onc(-c2c(Cl)cccc2Cl)c1COC1CCN(c2nc3ccc(C(=O)O)cc3s2)CC1. The van der Waals surface area contributed by atoms with Gasteiger partial charge in [0.15, 0.2) is 5.13 Å². The molecule has 0 atom stereocenters. The molecule has 1 saturated heterocycles. The Morgan fingerprint density at radius 3 is 2.61 bits per heavy atom. The van der Waals surface area contributed by atoms with Crippen LogP contribution in [0.2, 0.25) is 10.0 Å². The van der Waals surface area contributed by atoms with Crippen molar-refractivity contribution < 1.29 is 19.2 Å². The Balaban J connectivity index is 1.27. The fraction of sp³-hybridized carbons (Fsp3) is 0.346. The average molecular weight is 546 g/mol. The number of benzene rings is 2. The van der Waals surface area contributed by atoms with Gasteiger partial charge in [-0.15, -0.1) is 0 Å². The number of carbonyl (C=O) groups is 1. The van der Waals surface area contributed by atoms with Crippen molar-refractivity contribution in [3.05, 3.63) is 63.3 Å². The number of anilines is 1. The molecular formula is C26H25Cl2N3O4S. The van der Waals surface area contributed by atoms with Crippen molar-refractivity contribution in [2.75, 3.05) is 18.0 Å². The third-order valence-electron chi connectivity index (χ3n) is 6.34. The second-order valence-corrected chi connectivity index (χ2v) is 10.9. The van der Waals surface area contributed by atoms with Crippen LogP contribution < -0.4 is 4.90 Å². The summed E-state index contributed by atoms with van der Waals surface area (Å²) in [5.74, 6) is -0.0273. The highest BCUT2D eigenvalue weighted by molar-refractivity contribution is 7.22. The zero-order chi connectivity index (χ0) is 25.4. The van der Waals surface area contributed by atoms with Crippen LogP contribution in [0.1, 0.15) is 54.3 Å². The Hall–Kier alpha value is -2.65. The Bertz CT molecular complexity index is 1390. The highest BCUT2D eigenvalue weighted by Crippen LogP contribution is 2.39. The minimum Gasteiger partial charge on any atom is -0.478 e. The Labute approximate surface area is 222 Å². The van der Waals surface area contributed by atoms with E-state index < -0.39 is 5.97 Å². The first kappa shape index (κ1) is 25.0. The van der Waals surface area contributed by atoms with Gasteiger partial charge in [-0.2, -0.15) is 0 Å². The van der Waals surface area contributed by atoms with Crippen molar-refractivity contribution in [3.63, 3.8) is 0 Å². The summed E-state index contributed by atoms with van der Waals surface area (Å²) < 4.78 is 12.9. The van der Waals surface area contributed by atoms with E-state index >= 15 is 0 Å². The van der Waals surface area contributed by atoms with Gasteiger partial charge in [0.2, 0.25) is 0 Å². The van der Waals surface area contributed by atoms with Gasteiger partial charge in [-0.1, -0.05) is 59.6 Å². The third kappa shape index (κ3) is 4.95. The van der Waals surface area contributed by atoms with E-state index in [0.29, 0.717) is 27.9 Å². The second-order valence-electron chi connectivity index (χ2n) is 9.11. The molecule has 10 heteroatoms. The van der Waals surface area contributed by atoms with Gasteiger partial charge in [0.25, 0.3) is 0 Å². The number of nitrogens with zero attached hydrogens (tertiary/aromatic N) is 3. The van der Waals surface area contributed by atoms with Gasteiger partial charge in [0.1, 0.15) is 11.5 Å². The largest absolute Gasteiger partial charge is 0.478 e. The van der Waals surface area contributed by atoms with Crippen molar-refractivity contribution in [2.45, 2.75) is 45.3 Å². The highest BCUT2D eigenvalue weighted by Gasteiger charge is 2.27. The van der Waals surface area contributed by atoms with E-state index in [1.807, 2.05) is 0 Å². The van der Waals surface area contributed by atoms with Crippen molar-refractivity contribution >= 4 is 55.9 Å². The number of fused-ring (bicyclic) bond motifs is 1. The molecule has 0 bridgehead atoms. The number of rotatable bonds is 7. The molecule has 0 spiro atoms. The average Bonchev–Trinajstić information content (AvgIpc) is 3.47. The molecule has 5 rings (SSSR count). The number of aromatic nitrogens is 2. The summed E-state index contributed by atoms with van der Waals surface area (Å²) in [5.41, 5.74) is 3.26. The lowest BCUT2D eigenvalue weighted by Gasteiger charge is -2.31. The topological polar surface area (TPSA) is 88.7 Å². The first-order valence-electron chi connectivity index (χ1n) is 11.7. The van der Waals surface area contributed by atoms with Crippen LogP contribution in [-0.2, 0) is 11.3 Å². The van der Waals surface area contributed by atoms with Crippen molar-refractivity contribution in [2.24, 2.45) is 0 Å². The monoisotopic (exact) mass is 545 g/mol. The lowest BCUT2D eigenvalue weighted by Crippen LogP contribution is -2.37. The van der Waals surface area contributed by atoms with E-state index in [4.69, 9.17) is 37.4 Å². The van der Waals surface area contributed by atoms with E-state index in [1.165, 1.54) is 11.3 Å². The van der Waals surface area contributed by atoms with Crippen LogP contribution in [-0.4, -0.2) is 40.4 Å². The molecule has 1 aliphatic heterocycles. The van der Waals surface area contributed by atoms with Crippen LogP contribution in [0.4, 0.5) is 5.13 Å². The molecule has 0 aliphatic carbocycles. The van der Waals surface area contributed by atoms with Gasteiger partial charge in [-0.25, -0.2) is 9.78 Å². The van der Waals surface area contributed by atoms with E-state index in [1.54, 1.807) is 36.4 Å². The van der Waals surface area contributed by atoms with E-state index in [-0.39, 0.29) is 17.6 Å². The molecule has 2 aromatic heterocycles. The fourth-order valence-corrected chi connectivity index (χ4v) is 6.06. The molecule has 4 aromatic rings. The molecule has 0 amide bonds. The molecule has 188 valence electrons. The summed E-state index contributed by atoms with van der Waals surface area (Å²) >= 11 is 14.4. The number of ether oxygens (including phenoxy) is 1. The van der Waals surface area contributed by atoms with E-state index in [2.05, 4.69) is 23.9 Å². The van der Waals surface area contributed by atoms with Gasteiger partial charge >= 0.3 is 5.97 Å². The van der Waals surface area contributed by atoms with Crippen LogP contribution in [0.25, 0.3) is 21.5 Å². The lowest BCUT2D eigenvalue weighted by molar-refractivity contribution is 0.0245. The summed E-state index contributed by atoms with van der Waals surface area (Å²) in [4.78, 5) is 18.2. The smallest absolute Gasteiger partial charge is 0.335 e. The summed E-state index contributed by atoms with van der Waals surface area (Å²) in [7, 11) is 0. The van der Waals surface area contributed by atoms with E-state index in [9.17, 15) is 9.90 Å². The molecule has 0 saturated carbocycles. The predicted octanol–water partition coefficient (Wildman–Crippen LogP) is 7.27. The lowest BCUT2D eigenvalue weighted by atomic mass is 10.0. The quantitative estimate of drug-likeness (QED) is 0.261. The van der Waals surface area contributed by atoms with Crippen molar-refractivity contribution in [1.82, 2.24) is 10.1 Å². The molecule has 1 N–H and O–H groups in total. The first-order chi connectivity index (χ1) is 17.3. The minimum atomic E-state index is -0.932. The maximum Gasteiger partial charge on any atom is 0.335 e. The fourth-order valence-electron chi connectivity index (χ4n) is 4.43. The van der Waals surface area contributed by atoms with E-state index in [0.717, 1.165) is 52.6 Å². The maximum absolute atomic E-state index is 11.3. The zero-order valence-corrected chi connectivity index (χ0v) is 22.2. The van der Waals surface area contributed by atoms with Crippen molar-refractivity contribution in [1.29, 1.82) is 0 Å². The molecular weight excluding hydrogens is 521 g/mol. The number of hydrogen-bond donors (Lipinski definition) is 1. The molecule has 7 nitrogen and oxygen atoms in total. The van der Waals surface area contributed by atoms with Gasteiger partial charge in [0.05, 0.1) is 38.5 Å². The molecule has 1 fully saturated rings. The number of piperidine rings is 1. The standard InChI is InChI=1S/C26H25Cl2N3O4S/c1-14(2)24-17(23(30-35-24)22-18(27)4-3-5-19(22)28)13-34-16-8-10-31(11-9-16)26-29-20-7-6-15(25(32)33)12-21(20)36-26/h3-7,12,14,16H,8-11,13H2,1-2H3,(H,32,33). The summed E-state index contributed by atoms with van der Waals surface area (Å²) in [5, 5.41) is 15.5. The van der Waals surface area contributed by atoms with Crippen LogP contribution in [0, 0.1) is 0 Å². The van der Waals surface area contributed by atoms with Crippen LogP contribution in [0.3, 0.4) is 0 Å². The number of thiazole rings is 1. The number of carboxylic acid groups (broad SMARTS) is 1. The van der Waals surface area contributed by atoms with Crippen LogP contribution >= 0.6 is 34.5 Å². The molecule has 0 unspecified atom stereocenters.